The van der Waals surface area contributed by atoms with E-state index in [1.54, 1.807) is 11.0 Å². The molecular weight excluding hydrogens is 216 g/mol. The molecule has 0 saturated heterocycles. The molecule has 17 heavy (non-hydrogen) atoms. The maximum atomic E-state index is 4.54. The van der Waals surface area contributed by atoms with Crippen LogP contribution in [-0.4, -0.2) is 31.6 Å². The first-order valence-electron chi connectivity index (χ1n) is 5.63. The Bertz CT molecular complexity index is 510. The van der Waals surface area contributed by atoms with Crippen LogP contribution in [0.25, 0.3) is 0 Å². The van der Waals surface area contributed by atoms with Crippen molar-refractivity contribution in [3.8, 4) is 0 Å². The molecular formula is C11H18N6. The summed E-state index contributed by atoms with van der Waals surface area (Å²) in [5, 5.41) is 11.8. The Hall–Kier alpha value is -1.69. The second-order valence-electron chi connectivity index (χ2n) is 4.14. The summed E-state index contributed by atoms with van der Waals surface area (Å²) in [6.45, 7) is 5.62. The summed E-state index contributed by atoms with van der Waals surface area (Å²) in [6, 6.07) is 0. The fraction of sp³-hybridized carbons (Fsp3) is 0.545. The van der Waals surface area contributed by atoms with Crippen molar-refractivity contribution in [1.82, 2.24) is 29.9 Å². The third-order valence-corrected chi connectivity index (χ3v) is 2.98. The van der Waals surface area contributed by atoms with Gasteiger partial charge in [-0.15, -0.1) is 0 Å². The van der Waals surface area contributed by atoms with E-state index in [4.69, 9.17) is 0 Å². The predicted octanol–water partition coefficient (Wildman–Crippen LogP) is 0.396. The number of aryl methyl sites for hydroxylation is 2. The summed E-state index contributed by atoms with van der Waals surface area (Å²) in [7, 11) is 3.83. The first kappa shape index (κ1) is 11.8. The van der Waals surface area contributed by atoms with Gasteiger partial charge in [0.25, 0.3) is 0 Å². The molecule has 0 saturated carbocycles. The number of nitrogens with zero attached hydrogens (tertiary/aromatic N) is 5. The summed E-state index contributed by atoms with van der Waals surface area (Å²) in [6.07, 6.45) is 1.57. The van der Waals surface area contributed by atoms with Gasteiger partial charge in [0.15, 0.2) is 0 Å². The molecule has 1 N–H and O–H groups in total. The van der Waals surface area contributed by atoms with Gasteiger partial charge >= 0.3 is 0 Å². The van der Waals surface area contributed by atoms with Gasteiger partial charge in [-0.1, -0.05) is 0 Å². The van der Waals surface area contributed by atoms with Crippen molar-refractivity contribution in [2.45, 2.75) is 26.9 Å². The zero-order chi connectivity index (χ0) is 12.4. The molecule has 6 heteroatoms. The van der Waals surface area contributed by atoms with Gasteiger partial charge in [0.05, 0.1) is 5.69 Å². The minimum Gasteiger partial charge on any atom is -0.316 e. The lowest BCUT2D eigenvalue weighted by molar-refractivity contribution is 0.592. The van der Waals surface area contributed by atoms with Crippen molar-refractivity contribution < 1.29 is 0 Å². The summed E-state index contributed by atoms with van der Waals surface area (Å²) in [5.41, 5.74) is 3.51. The largest absolute Gasteiger partial charge is 0.316 e. The number of rotatable bonds is 4. The Labute approximate surface area is 101 Å². The van der Waals surface area contributed by atoms with Gasteiger partial charge in [-0.2, -0.15) is 10.2 Å². The molecule has 0 aromatic carbocycles. The number of nitrogens with one attached hydrogen (secondary N) is 1. The van der Waals surface area contributed by atoms with E-state index in [-0.39, 0.29) is 0 Å². The fourth-order valence-corrected chi connectivity index (χ4v) is 1.92. The van der Waals surface area contributed by atoms with E-state index >= 15 is 0 Å². The summed E-state index contributed by atoms with van der Waals surface area (Å²) >= 11 is 0. The van der Waals surface area contributed by atoms with Crippen LogP contribution in [0.2, 0.25) is 0 Å². The van der Waals surface area contributed by atoms with Crippen LogP contribution >= 0.6 is 0 Å². The molecule has 0 radical (unpaired) electrons. The lowest BCUT2D eigenvalue weighted by Crippen LogP contribution is -2.11. The molecule has 2 aromatic rings. The summed E-state index contributed by atoms with van der Waals surface area (Å²) in [5.74, 6) is 0.909. The van der Waals surface area contributed by atoms with Crippen molar-refractivity contribution in [3.63, 3.8) is 0 Å². The highest BCUT2D eigenvalue weighted by atomic mass is 15.4. The maximum Gasteiger partial charge on any atom is 0.148 e. The Morgan fingerprint density at radius 2 is 2.12 bits per heavy atom. The SMILES string of the molecule is CNCc1c(C)nn(Cc2ncnn2C)c1C. The Morgan fingerprint density at radius 3 is 2.71 bits per heavy atom. The standard InChI is InChI=1S/C11H18N6/c1-8-10(5-12-3)9(2)17(15-8)6-11-13-7-14-16(11)4/h7,12H,5-6H2,1-4H3. The molecule has 0 aliphatic rings. The smallest absolute Gasteiger partial charge is 0.148 e. The molecule has 92 valence electrons. The van der Waals surface area contributed by atoms with Crippen molar-refractivity contribution in [1.29, 1.82) is 0 Å². The molecule has 0 atom stereocenters. The second kappa shape index (κ2) is 4.67. The van der Waals surface area contributed by atoms with E-state index < -0.39 is 0 Å². The molecule has 0 unspecified atom stereocenters. The van der Waals surface area contributed by atoms with Crippen LogP contribution < -0.4 is 5.32 Å². The molecule has 2 aromatic heterocycles. The highest BCUT2D eigenvalue weighted by Gasteiger charge is 2.12. The van der Waals surface area contributed by atoms with Crippen molar-refractivity contribution >= 4 is 0 Å². The van der Waals surface area contributed by atoms with Crippen molar-refractivity contribution in [3.05, 3.63) is 29.1 Å². The predicted molar refractivity (Wildman–Crippen MR) is 64.6 cm³/mol. The summed E-state index contributed by atoms with van der Waals surface area (Å²) in [4.78, 5) is 4.21. The fourth-order valence-electron chi connectivity index (χ4n) is 1.92. The monoisotopic (exact) mass is 234 g/mol. The highest BCUT2D eigenvalue weighted by molar-refractivity contribution is 5.24. The molecule has 0 spiro atoms. The lowest BCUT2D eigenvalue weighted by Gasteiger charge is -2.04. The topological polar surface area (TPSA) is 60.6 Å². The van der Waals surface area contributed by atoms with Gasteiger partial charge < -0.3 is 5.32 Å². The van der Waals surface area contributed by atoms with Crippen LogP contribution in [0.5, 0.6) is 0 Å². The van der Waals surface area contributed by atoms with E-state index in [1.807, 2.05) is 25.7 Å². The average molecular weight is 234 g/mol. The Kier molecular flexibility index (Phi) is 3.23. The zero-order valence-electron chi connectivity index (χ0n) is 10.7. The van der Waals surface area contributed by atoms with Gasteiger partial charge in [-0.25, -0.2) is 4.98 Å². The quantitative estimate of drug-likeness (QED) is 0.831. The van der Waals surface area contributed by atoms with Crippen LogP contribution in [0.4, 0.5) is 0 Å². The third kappa shape index (κ3) is 2.21. The first-order chi connectivity index (χ1) is 8.13. The molecule has 0 aliphatic heterocycles. The van der Waals surface area contributed by atoms with Crippen LogP contribution in [-0.2, 0) is 20.1 Å². The van der Waals surface area contributed by atoms with E-state index in [2.05, 4.69) is 27.4 Å². The van der Waals surface area contributed by atoms with Gasteiger partial charge in [-0.3, -0.25) is 9.36 Å². The zero-order valence-corrected chi connectivity index (χ0v) is 10.7. The first-order valence-corrected chi connectivity index (χ1v) is 5.63. The molecule has 0 bridgehead atoms. The maximum absolute atomic E-state index is 4.54. The Balaban J connectivity index is 2.28. The van der Waals surface area contributed by atoms with Crippen LogP contribution in [0, 0.1) is 13.8 Å². The summed E-state index contributed by atoms with van der Waals surface area (Å²) < 4.78 is 3.75. The minimum absolute atomic E-state index is 0.660. The van der Waals surface area contributed by atoms with E-state index in [0.29, 0.717) is 6.54 Å². The number of aromatic nitrogens is 5. The van der Waals surface area contributed by atoms with E-state index in [1.165, 1.54) is 11.3 Å². The normalized spacial score (nSPS) is 11.1. The van der Waals surface area contributed by atoms with Gasteiger partial charge in [0.1, 0.15) is 18.7 Å². The van der Waals surface area contributed by atoms with E-state index in [0.717, 1.165) is 18.1 Å². The van der Waals surface area contributed by atoms with Crippen LogP contribution in [0.15, 0.2) is 6.33 Å². The second-order valence-corrected chi connectivity index (χ2v) is 4.14. The van der Waals surface area contributed by atoms with Gasteiger partial charge in [-0.05, 0) is 20.9 Å². The van der Waals surface area contributed by atoms with E-state index in [9.17, 15) is 0 Å². The molecule has 0 aliphatic carbocycles. The number of hydrogen-bond donors (Lipinski definition) is 1. The average Bonchev–Trinajstić information content (AvgIpc) is 2.79. The third-order valence-electron chi connectivity index (χ3n) is 2.98. The molecule has 2 rings (SSSR count). The minimum atomic E-state index is 0.660. The van der Waals surface area contributed by atoms with Crippen LogP contribution in [0.1, 0.15) is 22.8 Å². The van der Waals surface area contributed by atoms with Crippen molar-refractivity contribution in [2.24, 2.45) is 7.05 Å². The van der Waals surface area contributed by atoms with Crippen LogP contribution in [0.3, 0.4) is 0 Å². The molecule has 6 nitrogen and oxygen atoms in total. The van der Waals surface area contributed by atoms with Crippen molar-refractivity contribution in [2.75, 3.05) is 7.05 Å². The lowest BCUT2D eigenvalue weighted by atomic mass is 10.2. The van der Waals surface area contributed by atoms with Gasteiger partial charge in [0, 0.05) is 24.8 Å². The highest BCUT2D eigenvalue weighted by Crippen LogP contribution is 2.13. The molecule has 0 fully saturated rings. The van der Waals surface area contributed by atoms with Gasteiger partial charge in [0.2, 0.25) is 0 Å². The number of hydrogen-bond acceptors (Lipinski definition) is 4. The molecule has 2 heterocycles. The Morgan fingerprint density at radius 1 is 1.35 bits per heavy atom. The molecule has 0 amide bonds.